The minimum Gasteiger partial charge on any atom is -0.381 e. The Labute approximate surface area is 115 Å². The highest BCUT2D eigenvalue weighted by Gasteiger charge is 2.18. The van der Waals surface area contributed by atoms with Gasteiger partial charge in [0.1, 0.15) is 0 Å². The first kappa shape index (κ1) is 14.1. The first-order valence-corrected chi connectivity index (χ1v) is 8.19. The Balaban J connectivity index is 1.95. The van der Waals surface area contributed by atoms with Crippen LogP contribution in [0.5, 0.6) is 0 Å². The number of rotatable bonds is 5. The highest BCUT2D eigenvalue weighted by molar-refractivity contribution is 7.92. The lowest BCUT2D eigenvalue weighted by molar-refractivity contribution is 0.414. The molecular weight excluding hydrogens is 262 g/mol. The van der Waals surface area contributed by atoms with Crippen LogP contribution in [0.2, 0.25) is 0 Å². The van der Waals surface area contributed by atoms with Gasteiger partial charge in [0.25, 0.3) is 0 Å². The maximum Gasteiger partial charge on any atom is 0.232 e. The Morgan fingerprint density at radius 2 is 1.89 bits per heavy atom. The second kappa shape index (κ2) is 5.79. The molecule has 1 aliphatic heterocycles. The van der Waals surface area contributed by atoms with Crippen molar-refractivity contribution in [3.05, 3.63) is 24.3 Å². The molecule has 0 amide bonds. The van der Waals surface area contributed by atoms with Gasteiger partial charge in [0.15, 0.2) is 0 Å². The summed E-state index contributed by atoms with van der Waals surface area (Å²) < 4.78 is 25.4. The third kappa shape index (κ3) is 4.11. The number of likely N-dealkylation sites (N-methyl/N-ethyl adjacent to an activating group) is 1. The molecule has 5 nitrogen and oxygen atoms in total. The van der Waals surface area contributed by atoms with E-state index < -0.39 is 10.0 Å². The number of sulfonamides is 1. The van der Waals surface area contributed by atoms with Crippen LogP contribution in [0.4, 0.5) is 11.4 Å². The second-order valence-corrected chi connectivity index (χ2v) is 6.99. The van der Waals surface area contributed by atoms with Gasteiger partial charge in [-0.25, -0.2) is 8.42 Å². The summed E-state index contributed by atoms with van der Waals surface area (Å²) in [7, 11) is -1.08. The molecule has 1 aromatic carbocycles. The smallest absolute Gasteiger partial charge is 0.232 e. The lowest BCUT2D eigenvalue weighted by Gasteiger charge is -2.14. The monoisotopic (exact) mass is 283 g/mol. The van der Waals surface area contributed by atoms with Gasteiger partial charge in [0.05, 0.1) is 5.75 Å². The summed E-state index contributed by atoms with van der Waals surface area (Å²) in [6, 6.07) is 7.86. The SMILES string of the molecule is CCS(=O)(=O)Nc1ccc(NC2CCN(C)C2)cc1. The molecule has 0 aliphatic carbocycles. The van der Waals surface area contributed by atoms with Crippen LogP contribution in [-0.4, -0.2) is 45.2 Å². The molecule has 1 atom stereocenters. The van der Waals surface area contributed by atoms with Crippen molar-refractivity contribution in [3.63, 3.8) is 0 Å². The Hall–Kier alpha value is -1.27. The van der Waals surface area contributed by atoms with Crippen LogP contribution in [-0.2, 0) is 10.0 Å². The van der Waals surface area contributed by atoms with E-state index in [-0.39, 0.29) is 5.75 Å². The topological polar surface area (TPSA) is 61.4 Å². The molecule has 0 radical (unpaired) electrons. The highest BCUT2D eigenvalue weighted by atomic mass is 32.2. The molecule has 6 heteroatoms. The van der Waals surface area contributed by atoms with Crippen molar-refractivity contribution in [2.75, 3.05) is 35.9 Å². The standard InChI is InChI=1S/C13H21N3O2S/c1-3-19(17,18)15-12-6-4-11(5-7-12)14-13-8-9-16(2)10-13/h4-7,13-15H,3,8-10H2,1-2H3. The summed E-state index contributed by atoms with van der Waals surface area (Å²) in [4.78, 5) is 2.29. The van der Waals surface area contributed by atoms with E-state index in [4.69, 9.17) is 0 Å². The van der Waals surface area contributed by atoms with Crippen molar-refractivity contribution in [2.45, 2.75) is 19.4 Å². The van der Waals surface area contributed by atoms with Gasteiger partial charge in [-0.3, -0.25) is 4.72 Å². The fourth-order valence-corrected chi connectivity index (χ4v) is 2.81. The van der Waals surface area contributed by atoms with Crippen molar-refractivity contribution < 1.29 is 8.42 Å². The third-order valence-corrected chi connectivity index (χ3v) is 4.61. The number of hydrogen-bond donors (Lipinski definition) is 2. The summed E-state index contributed by atoms with van der Waals surface area (Å²) in [6.07, 6.45) is 1.14. The lowest BCUT2D eigenvalue weighted by Crippen LogP contribution is -2.23. The van der Waals surface area contributed by atoms with Crippen LogP contribution in [0, 0.1) is 0 Å². The van der Waals surface area contributed by atoms with Gasteiger partial charge in [-0.05, 0) is 51.2 Å². The maximum absolute atomic E-state index is 11.4. The predicted octanol–water partition coefficient (Wildman–Crippen LogP) is 1.56. The van der Waals surface area contributed by atoms with Gasteiger partial charge in [-0.2, -0.15) is 0 Å². The van der Waals surface area contributed by atoms with E-state index in [1.165, 1.54) is 0 Å². The van der Waals surface area contributed by atoms with Crippen LogP contribution < -0.4 is 10.0 Å². The van der Waals surface area contributed by atoms with E-state index in [2.05, 4.69) is 22.0 Å². The fourth-order valence-electron chi connectivity index (χ4n) is 2.17. The van der Waals surface area contributed by atoms with Crippen LogP contribution in [0.25, 0.3) is 0 Å². The highest BCUT2D eigenvalue weighted by Crippen LogP contribution is 2.18. The average molecular weight is 283 g/mol. The van der Waals surface area contributed by atoms with E-state index in [1.54, 1.807) is 19.1 Å². The molecule has 1 saturated heterocycles. The Kier molecular flexibility index (Phi) is 4.31. The molecule has 106 valence electrons. The van der Waals surface area contributed by atoms with Gasteiger partial charge < -0.3 is 10.2 Å². The molecule has 0 saturated carbocycles. The van der Waals surface area contributed by atoms with E-state index in [1.807, 2.05) is 12.1 Å². The summed E-state index contributed by atoms with van der Waals surface area (Å²) in [5.41, 5.74) is 1.63. The maximum atomic E-state index is 11.4. The Bertz CT molecular complexity index is 513. The molecule has 0 aromatic heterocycles. The van der Waals surface area contributed by atoms with Gasteiger partial charge in [-0.15, -0.1) is 0 Å². The van der Waals surface area contributed by atoms with Crippen molar-refractivity contribution in [1.29, 1.82) is 0 Å². The zero-order valence-corrected chi connectivity index (χ0v) is 12.2. The predicted molar refractivity (Wildman–Crippen MR) is 79.1 cm³/mol. The van der Waals surface area contributed by atoms with Gasteiger partial charge in [0, 0.05) is 24.0 Å². The summed E-state index contributed by atoms with van der Waals surface area (Å²) in [5, 5.41) is 3.46. The van der Waals surface area contributed by atoms with Gasteiger partial charge >= 0.3 is 0 Å². The van der Waals surface area contributed by atoms with Gasteiger partial charge in [-0.1, -0.05) is 0 Å². The van der Waals surface area contributed by atoms with Crippen molar-refractivity contribution in [1.82, 2.24) is 4.90 Å². The van der Waals surface area contributed by atoms with E-state index in [0.717, 1.165) is 25.2 Å². The first-order valence-electron chi connectivity index (χ1n) is 6.54. The van der Waals surface area contributed by atoms with E-state index >= 15 is 0 Å². The number of likely N-dealkylation sites (tertiary alicyclic amines) is 1. The zero-order chi connectivity index (χ0) is 13.9. The zero-order valence-electron chi connectivity index (χ0n) is 11.4. The van der Waals surface area contributed by atoms with E-state index in [0.29, 0.717) is 11.7 Å². The number of benzene rings is 1. The van der Waals surface area contributed by atoms with Crippen LogP contribution >= 0.6 is 0 Å². The molecule has 1 fully saturated rings. The molecule has 1 heterocycles. The quantitative estimate of drug-likeness (QED) is 0.861. The molecule has 0 bridgehead atoms. The molecule has 2 rings (SSSR count). The molecule has 19 heavy (non-hydrogen) atoms. The molecular formula is C13H21N3O2S. The summed E-state index contributed by atoms with van der Waals surface area (Å²) in [5.74, 6) is 0.0847. The van der Waals surface area contributed by atoms with Crippen molar-refractivity contribution >= 4 is 21.4 Å². The van der Waals surface area contributed by atoms with Crippen molar-refractivity contribution in [2.24, 2.45) is 0 Å². The lowest BCUT2D eigenvalue weighted by atomic mass is 10.2. The third-order valence-electron chi connectivity index (χ3n) is 3.30. The largest absolute Gasteiger partial charge is 0.381 e. The number of hydrogen-bond acceptors (Lipinski definition) is 4. The van der Waals surface area contributed by atoms with Crippen LogP contribution in [0.1, 0.15) is 13.3 Å². The normalized spacial score (nSPS) is 20.4. The first-order chi connectivity index (χ1) is 8.98. The van der Waals surface area contributed by atoms with Crippen LogP contribution in [0.3, 0.4) is 0 Å². The Morgan fingerprint density at radius 1 is 1.26 bits per heavy atom. The number of nitrogens with zero attached hydrogens (tertiary/aromatic N) is 1. The number of anilines is 2. The molecule has 1 aromatic rings. The fraction of sp³-hybridized carbons (Fsp3) is 0.538. The van der Waals surface area contributed by atoms with Gasteiger partial charge in [0.2, 0.25) is 10.0 Å². The minimum absolute atomic E-state index is 0.0847. The molecule has 1 unspecified atom stereocenters. The summed E-state index contributed by atoms with van der Waals surface area (Å²) in [6.45, 7) is 3.78. The minimum atomic E-state index is -3.19. The molecule has 0 spiro atoms. The molecule has 2 N–H and O–H groups in total. The Morgan fingerprint density at radius 3 is 2.42 bits per heavy atom. The van der Waals surface area contributed by atoms with Crippen molar-refractivity contribution in [3.8, 4) is 0 Å². The molecule has 1 aliphatic rings. The average Bonchev–Trinajstić information content (AvgIpc) is 2.77. The summed E-state index contributed by atoms with van der Waals surface area (Å²) >= 11 is 0. The second-order valence-electron chi connectivity index (χ2n) is 4.98. The van der Waals surface area contributed by atoms with Crippen LogP contribution in [0.15, 0.2) is 24.3 Å². The number of nitrogens with one attached hydrogen (secondary N) is 2. The van der Waals surface area contributed by atoms with E-state index in [9.17, 15) is 8.42 Å².